The van der Waals surface area contributed by atoms with Gasteiger partial charge in [0.1, 0.15) is 23.0 Å². The van der Waals surface area contributed by atoms with Crippen LogP contribution >= 0.6 is 11.8 Å². The average Bonchev–Trinajstić information content (AvgIpc) is 3.37. The van der Waals surface area contributed by atoms with Crippen LogP contribution in [-0.2, 0) is 21.7 Å². The van der Waals surface area contributed by atoms with Crippen LogP contribution in [0.3, 0.4) is 0 Å². The molecule has 0 saturated carbocycles. The third-order valence-corrected chi connectivity index (χ3v) is 13.2. The molecule has 0 saturated heterocycles. The molecule has 3 nitrogen and oxygen atoms in total. The molecule has 5 aromatic rings. The molecule has 0 atom stereocenters. The molecule has 10 rings (SSSR count). The quantitative estimate of drug-likeness (QED) is 0.164. The molecule has 0 unspecified atom stereocenters. The Morgan fingerprint density at radius 1 is 0.571 bits per heavy atom. The Balaban J connectivity index is 1.27. The van der Waals surface area contributed by atoms with Crippen molar-refractivity contribution in [2.24, 2.45) is 0 Å². The number of benzene rings is 5. The summed E-state index contributed by atoms with van der Waals surface area (Å²) in [6, 6.07) is 31.5. The highest BCUT2D eigenvalue weighted by atomic mass is 32.2. The van der Waals surface area contributed by atoms with Crippen molar-refractivity contribution in [3.8, 4) is 23.0 Å². The Bertz CT molecular complexity index is 2150. The summed E-state index contributed by atoms with van der Waals surface area (Å²) in [6.07, 6.45) is 2.18. The second-order valence-electron chi connectivity index (χ2n) is 17.6. The lowest BCUT2D eigenvalue weighted by molar-refractivity contribution is 0.392. The molecule has 49 heavy (non-hydrogen) atoms. The van der Waals surface area contributed by atoms with Gasteiger partial charge in [0.25, 0.3) is 6.71 Å². The van der Waals surface area contributed by atoms with E-state index >= 15 is 0 Å². The van der Waals surface area contributed by atoms with Crippen LogP contribution in [0.15, 0.2) is 94.7 Å². The number of ether oxygens (including phenoxy) is 2. The maximum atomic E-state index is 7.27. The highest BCUT2D eigenvalue weighted by Gasteiger charge is 2.51. The Kier molecular flexibility index (Phi) is 5.70. The minimum Gasteiger partial charge on any atom is -0.458 e. The summed E-state index contributed by atoms with van der Waals surface area (Å²) in [7, 11) is 0. The fourth-order valence-electron chi connectivity index (χ4n) is 10.8. The predicted octanol–water partition coefficient (Wildman–Crippen LogP) is 10.3. The maximum Gasteiger partial charge on any atom is 0.260 e. The second-order valence-corrected chi connectivity index (χ2v) is 18.7. The van der Waals surface area contributed by atoms with Crippen molar-refractivity contribution >= 4 is 51.9 Å². The first-order valence-corrected chi connectivity index (χ1v) is 18.6. The van der Waals surface area contributed by atoms with Gasteiger partial charge in [-0.3, -0.25) is 0 Å². The van der Waals surface area contributed by atoms with Gasteiger partial charge >= 0.3 is 0 Å². The summed E-state index contributed by atoms with van der Waals surface area (Å²) >= 11 is 1.83. The molecule has 5 aliphatic rings. The van der Waals surface area contributed by atoms with Crippen molar-refractivity contribution in [1.29, 1.82) is 0 Å². The topological polar surface area (TPSA) is 21.7 Å². The lowest BCUT2D eigenvalue weighted by atomic mass is 9.34. The molecule has 0 aromatic heterocycles. The van der Waals surface area contributed by atoms with Gasteiger partial charge in [-0.25, -0.2) is 0 Å². The van der Waals surface area contributed by atoms with Crippen LogP contribution < -0.4 is 30.8 Å². The van der Waals surface area contributed by atoms with Crippen molar-refractivity contribution < 1.29 is 9.47 Å². The van der Waals surface area contributed by atoms with Crippen molar-refractivity contribution in [3.63, 3.8) is 0 Å². The van der Waals surface area contributed by atoms with Crippen LogP contribution in [0, 0.1) is 0 Å². The van der Waals surface area contributed by atoms with Crippen molar-refractivity contribution in [2.75, 3.05) is 4.90 Å². The zero-order chi connectivity index (χ0) is 33.8. The predicted molar refractivity (Wildman–Crippen MR) is 204 cm³/mol. The Morgan fingerprint density at radius 2 is 1.02 bits per heavy atom. The van der Waals surface area contributed by atoms with E-state index in [0.29, 0.717) is 0 Å². The standard InChI is InChI=1S/C44H42BNO2S/c1-41(2)23-43(5,6)36-26(41)17-19-28-39(36)47-32-21-25(46-30-13-9-11-15-34(30)49-35-16-12-10-14-31(35)46)22-33-38(32)45(28)29-20-18-27-37(40(29)48-33)44(7,8)24-42(27,3)4/h9-22H,23-24H2,1-8H3. The first kappa shape index (κ1) is 29.8. The lowest BCUT2D eigenvalue weighted by Crippen LogP contribution is -2.58. The van der Waals surface area contributed by atoms with E-state index in [4.69, 9.17) is 9.47 Å². The summed E-state index contributed by atoms with van der Waals surface area (Å²) in [6.45, 7) is 19.2. The number of para-hydroxylation sites is 2. The van der Waals surface area contributed by atoms with Crippen molar-refractivity contribution in [1.82, 2.24) is 0 Å². The fourth-order valence-corrected chi connectivity index (χ4v) is 11.8. The molecule has 0 bridgehead atoms. The van der Waals surface area contributed by atoms with Gasteiger partial charge in [0, 0.05) is 38.5 Å². The molecule has 3 heterocycles. The number of rotatable bonds is 1. The van der Waals surface area contributed by atoms with E-state index < -0.39 is 0 Å². The van der Waals surface area contributed by atoms with Crippen molar-refractivity contribution in [2.45, 2.75) is 99.7 Å². The minimum atomic E-state index is -0.0119. The van der Waals surface area contributed by atoms with E-state index in [1.807, 2.05) is 11.8 Å². The highest BCUT2D eigenvalue weighted by molar-refractivity contribution is 7.99. The first-order chi connectivity index (χ1) is 23.3. The summed E-state index contributed by atoms with van der Waals surface area (Å²) in [5.74, 6) is 3.91. The van der Waals surface area contributed by atoms with Crippen LogP contribution in [0.2, 0.25) is 0 Å². The van der Waals surface area contributed by atoms with Crippen LogP contribution in [0.25, 0.3) is 0 Å². The number of fused-ring (bicyclic) bond motifs is 10. The smallest absolute Gasteiger partial charge is 0.260 e. The SMILES string of the molecule is CC1(C)CC(C)(C)c2c1ccc1c2Oc2cc(N3c4ccccc4Sc4ccccc43)cc3c2B1c1ccc2c(c1O3)C(C)(C)CC2(C)C. The van der Waals surface area contributed by atoms with E-state index in [-0.39, 0.29) is 28.4 Å². The van der Waals surface area contributed by atoms with Crippen molar-refractivity contribution in [3.05, 3.63) is 107 Å². The monoisotopic (exact) mass is 659 g/mol. The Morgan fingerprint density at radius 3 is 1.49 bits per heavy atom. The molecule has 0 fully saturated rings. The molecule has 2 aliphatic carbocycles. The molecule has 5 heteroatoms. The normalized spacial score (nSPS) is 20.1. The molecular weight excluding hydrogens is 617 g/mol. The largest absolute Gasteiger partial charge is 0.458 e. The van der Waals surface area contributed by atoms with Gasteiger partial charge in [0.05, 0.1) is 17.1 Å². The minimum absolute atomic E-state index is 0.0119. The summed E-state index contributed by atoms with van der Waals surface area (Å²) in [4.78, 5) is 4.88. The molecule has 5 aromatic carbocycles. The number of hydrogen-bond donors (Lipinski definition) is 0. The zero-order valence-electron chi connectivity index (χ0n) is 29.7. The summed E-state index contributed by atoms with van der Waals surface area (Å²) < 4.78 is 14.5. The number of nitrogens with zero attached hydrogens (tertiary/aromatic N) is 1. The second kappa shape index (κ2) is 9.37. The van der Waals surface area contributed by atoms with Gasteiger partial charge in [0.2, 0.25) is 0 Å². The zero-order valence-corrected chi connectivity index (χ0v) is 30.6. The summed E-state index contributed by atoms with van der Waals surface area (Å²) in [5, 5.41) is 0. The van der Waals surface area contributed by atoms with Gasteiger partial charge < -0.3 is 14.4 Å². The van der Waals surface area contributed by atoms with Crippen LogP contribution in [0.1, 0.15) is 90.5 Å². The first-order valence-electron chi connectivity index (χ1n) is 17.8. The van der Waals surface area contributed by atoms with E-state index in [2.05, 4.69) is 145 Å². The van der Waals surface area contributed by atoms with Gasteiger partial charge in [-0.1, -0.05) is 116 Å². The molecule has 0 amide bonds. The molecule has 0 N–H and O–H groups in total. The third kappa shape index (κ3) is 3.94. The van der Waals surface area contributed by atoms with Gasteiger partial charge in [-0.2, -0.15) is 0 Å². The van der Waals surface area contributed by atoms with E-state index in [1.165, 1.54) is 54.3 Å². The van der Waals surface area contributed by atoms with Gasteiger partial charge in [0.15, 0.2) is 0 Å². The highest BCUT2D eigenvalue weighted by Crippen LogP contribution is 2.57. The molecule has 3 aliphatic heterocycles. The molecular formula is C44H42BNO2S. The maximum absolute atomic E-state index is 7.27. The Labute approximate surface area is 295 Å². The summed E-state index contributed by atoms with van der Waals surface area (Å²) in [5.41, 5.74) is 12.8. The molecule has 0 radical (unpaired) electrons. The van der Waals surface area contributed by atoms with Gasteiger partial charge in [-0.05, 0) is 80.8 Å². The Hall–Kier alpha value is -4.09. The fraction of sp³-hybridized carbons (Fsp3) is 0.318. The van der Waals surface area contributed by atoms with Gasteiger partial charge in [-0.15, -0.1) is 0 Å². The number of anilines is 3. The molecule has 244 valence electrons. The van der Waals surface area contributed by atoms with Crippen LogP contribution in [0.5, 0.6) is 23.0 Å². The molecule has 0 spiro atoms. The van der Waals surface area contributed by atoms with E-state index in [9.17, 15) is 0 Å². The van der Waals surface area contributed by atoms with E-state index in [0.717, 1.165) is 47.0 Å². The average molecular weight is 660 g/mol. The lowest BCUT2D eigenvalue weighted by Gasteiger charge is -2.39. The van der Waals surface area contributed by atoms with Crippen LogP contribution in [0.4, 0.5) is 17.1 Å². The number of hydrogen-bond acceptors (Lipinski definition) is 4. The van der Waals surface area contributed by atoms with Crippen LogP contribution in [-0.4, -0.2) is 6.71 Å². The third-order valence-electron chi connectivity index (χ3n) is 12.1. The van der Waals surface area contributed by atoms with E-state index in [1.54, 1.807) is 0 Å².